The van der Waals surface area contributed by atoms with E-state index in [1.165, 1.54) is 6.92 Å². The van der Waals surface area contributed by atoms with Crippen LogP contribution in [0.3, 0.4) is 0 Å². The summed E-state index contributed by atoms with van der Waals surface area (Å²) in [7, 11) is 0. The SMILES string of the molecule is CC(=O)Nc1cn[nH]c1C1CCCN(C(=O)c2ccc3ccccc3c2)C1. The molecule has 2 amide bonds. The number of nitrogens with one attached hydrogen (secondary N) is 2. The Hall–Kier alpha value is -3.15. The monoisotopic (exact) mass is 362 g/mol. The summed E-state index contributed by atoms with van der Waals surface area (Å²) in [6.45, 7) is 2.83. The Balaban J connectivity index is 1.54. The van der Waals surface area contributed by atoms with Crippen molar-refractivity contribution in [2.75, 3.05) is 18.4 Å². The van der Waals surface area contributed by atoms with Gasteiger partial charge in [-0.05, 0) is 35.7 Å². The van der Waals surface area contributed by atoms with Crippen LogP contribution in [-0.4, -0.2) is 40.0 Å². The number of aromatic amines is 1. The third-order valence-electron chi connectivity index (χ3n) is 5.09. The molecule has 138 valence electrons. The normalized spacial score (nSPS) is 17.1. The van der Waals surface area contributed by atoms with Crippen LogP contribution in [0.25, 0.3) is 10.8 Å². The third-order valence-corrected chi connectivity index (χ3v) is 5.09. The van der Waals surface area contributed by atoms with E-state index in [1.807, 2.05) is 47.4 Å². The summed E-state index contributed by atoms with van der Waals surface area (Å²) in [5.41, 5.74) is 2.30. The van der Waals surface area contributed by atoms with Crippen LogP contribution >= 0.6 is 0 Å². The second-order valence-corrected chi connectivity index (χ2v) is 7.03. The van der Waals surface area contributed by atoms with Gasteiger partial charge in [-0.15, -0.1) is 0 Å². The lowest BCUT2D eigenvalue weighted by atomic mass is 9.93. The number of rotatable bonds is 3. The van der Waals surface area contributed by atoms with Gasteiger partial charge in [0.1, 0.15) is 0 Å². The number of hydrogen-bond acceptors (Lipinski definition) is 3. The van der Waals surface area contributed by atoms with Gasteiger partial charge in [0.05, 0.1) is 17.6 Å². The molecule has 0 spiro atoms. The fourth-order valence-electron chi connectivity index (χ4n) is 3.80. The highest BCUT2D eigenvalue weighted by Crippen LogP contribution is 2.31. The second-order valence-electron chi connectivity index (χ2n) is 7.03. The zero-order valence-corrected chi connectivity index (χ0v) is 15.2. The molecule has 6 nitrogen and oxygen atoms in total. The highest BCUT2D eigenvalue weighted by Gasteiger charge is 2.28. The van der Waals surface area contributed by atoms with E-state index in [0.717, 1.165) is 35.9 Å². The number of amides is 2. The van der Waals surface area contributed by atoms with Crippen LogP contribution in [0.1, 0.15) is 41.7 Å². The van der Waals surface area contributed by atoms with E-state index in [-0.39, 0.29) is 17.7 Å². The van der Waals surface area contributed by atoms with Crippen molar-refractivity contribution in [3.05, 3.63) is 59.9 Å². The molecule has 1 unspecified atom stereocenters. The summed E-state index contributed by atoms with van der Waals surface area (Å²) >= 11 is 0. The number of carbonyl (C=O) groups is 2. The molecule has 3 aromatic rings. The molecule has 2 N–H and O–H groups in total. The number of aromatic nitrogens is 2. The lowest BCUT2D eigenvalue weighted by molar-refractivity contribution is -0.114. The Labute approximate surface area is 157 Å². The molecule has 1 aliphatic heterocycles. The van der Waals surface area contributed by atoms with Crippen LogP contribution in [-0.2, 0) is 4.79 Å². The summed E-state index contributed by atoms with van der Waals surface area (Å²) in [6.07, 6.45) is 3.50. The largest absolute Gasteiger partial charge is 0.338 e. The van der Waals surface area contributed by atoms with Crippen LogP contribution in [0.5, 0.6) is 0 Å². The first kappa shape index (κ1) is 17.3. The maximum absolute atomic E-state index is 13.1. The van der Waals surface area contributed by atoms with Gasteiger partial charge in [0.2, 0.25) is 5.91 Å². The van der Waals surface area contributed by atoms with Gasteiger partial charge in [-0.2, -0.15) is 5.10 Å². The van der Waals surface area contributed by atoms with Gasteiger partial charge in [0.15, 0.2) is 0 Å². The lowest BCUT2D eigenvalue weighted by Gasteiger charge is -2.32. The van der Waals surface area contributed by atoms with E-state index in [9.17, 15) is 9.59 Å². The van der Waals surface area contributed by atoms with Crippen molar-refractivity contribution in [2.24, 2.45) is 0 Å². The van der Waals surface area contributed by atoms with Gasteiger partial charge in [-0.3, -0.25) is 14.7 Å². The van der Waals surface area contributed by atoms with E-state index in [0.29, 0.717) is 17.8 Å². The average molecular weight is 362 g/mol. The Morgan fingerprint density at radius 3 is 2.81 bits per heavy atom. The number of anilines is 1. The van der Waals surface area contributed by atoms with Gasteiger partial charge in [0.25, 0.3) is 5.91 Å². The summed E-state index contributed by atoms with van der Waals surface area (Å²) in [6, 6.07) is 13.9. The predicted molar refractivity (Wildman–Crippen MR) is 105 cm³/mol. The highest BCUT2D eigenvalue weighted by molar-refractivity contribution is 5.98. The minimum atomic E-state index is -0.127. The summed E-state index contributed by atoms with van der Waals surface area (Å²) < 4.78 is 0. The minimum absolute atomic E-state index is 0.0473. The molecule has 0 saturated carbocycles. The van der Waals surface area contributed by atoms with Gasteiger partial charge < -0.3 is 10.2 Å². The van der Waals surface area contributed by atoms with Crippen LogP contribution in [0.2, 0.25) is 0 Å². The van der Waals surface area contributed by atoms with Gasteiger partial charge >= 0.3 is 0 Å². The molecular formula is C21H22N4O2. The number of fused-ring (bicyclic) bond motifs is 1. The standard InChI is InChI=1S/C21H22N4O2/c1-14(26)23-19-12-22-24-20(19)18-7-4-10-25(13-18)21(27)17-9-8-15-5-2-3-6-16(15)11-17/h2-3,5-6,8-9,11-12,18H,4,7,10,13H2,1H3,(H,22,24)(H,23,26). The molecule has 0 aliphatic carbocycles. The number of carbonyl (C=O) groups excluding carboxylic acids is 2. The Morgan fingerprint density at radius 1 is 1.19 bits per heavy atom. The van der Waals surface area contributed by atoms with Crippen molar-refractivity contribution in [1.82, 2.24) is 15.1 Å². The van der Waals surface area contributed by atoms with Gasteiger partial charge in [0, 0.05) is 31.5 Å². The fourth-order valence-corrected chi connectivity index (χ4v) is 3.80. The Bertz CT molecular complexity index is 995. The maximum atomic E-state index is 13.1. The van der Waals surface area contributed by atoms with E-state index < -0.39 is 0 Å². The molecule has 1 saturated heterocycles. The minimum Gasteiger partial charge on any atom is -0.338 e. The number of likely N-dealkylation sites (tertiary alicyclic amines) is 1. The molecule has 1 aromatic heterocycles. The predicted octanol–water partition coefficient (Wildman–Crippen LogP) is 3.54. The molecule has 6 heteroatoms. The van der Waals surface area contributed by atoms with Crippen molar-refractivity contribution in [1.29, 1.82) is 0 Å². The molecule has 27 heavy (non-hydrogen) atoms. The van der Waals surface area contributed by atoms with E-state index >= 15 is 0 Å². The third kappa shape index (κ3) is 3.56. The Kier molecular flexibility index (Phi) is 4.62. The van der Waals surface area contributed by atoms with Crippen molar-refractivity contribution in [3.63, 3.8) is 0 Å². The van der Waals surface area contributed by atoms with Crippen molar-refractivity contribution in [3.8, 4) is 0 Å². The van der Waals surface area contributed by atoms with E-state index in [2.05, 4.69) is 15.5 Å². The zero-order chi connectivity index (χ0) is 18.8. The average Bonchev–Trinajstić information content (AvgIpc) is 3.14. The number of piperidine rings is 1. The Morgan fingerprint density at radius 2 is 2.00 bits per heavy atom. The molecule has 1 aliphatic rings. The lowest BCUT2D eigenvalue weighted by Crippen LogP contribution is -2.39. The molecule has 0 bridgehead atoms. The van der Waals surface area contributed by atoms with E-state index in [1.54, 1.807) is 6.20 Å². The topological polar surface area (TPSA) is 78.1 Å². The quantitative estimate of drug-likeness (QED) is 0.748. The molecule has 4 rings (SSSR count). The molecule has 1 atom stereocenters. The number of H-pyrrole nitrogens is 1. The van der Waals surface area contributed by atoms with E-state index in [4.69, 9.17) is 0 Å². The van der Waals surface area contributed by atoms with Crippen LogP contribution in [0.15, 0.2) is 48.7 Å². The molecule has 2 heterocycles. The summed E-state index contributed by atoms with van der Waals surface area (Å²) in [4.78, 5) is 26.3. The van der Waals surface area contributed by atoms with Crippen molar-refractivity contribution in [2.45, 2.75) is 25.7 Å². The van der Waals surface area contributed by atoms with Crippen LogP contribution in [0, 0.1) is 0 Å². The number of benzene rings is 2. The first-order valence-corrected chi connectivity index (χ1v) is 9.21. The number of hydrogen-bond donors (Lipinski definition) is 2. The molecular weight excluding hydrogens is 340 g/mol. The summed E-state index contributed by atoms with van der Waals surface area (Å²) in [5, 5.41) is 12.1. The zero-order valence-electron chi connectivity index (χ0n) is 15.2. The number of nitrogens with zero attached hydrogens (tertiary/aromatic N) is 2. The smallest absolute Gasteiger partial charge is 0.253 e. The molecule has 2 aromatic carbocycles. The molecule has 1 fully saturated rings. The second kappa shape index (κ2) is 7.23. The van der Waals surface area contributed by atoms with Gasteiger partial charge in [-0.1, -0.05) is 30.3 Å². The molecule has 0 radical (unpaired) electrons. The van der Waals surface area contributed by atoms with Crippen molar-refractivity contribution >= 4 is 28.3 Å². The first-order chi connectivity index (χ1) is 13.1. The fraction of sp³-hybridized carbons (Fsp3) is 0.286. The van der Waals surface area contributed by atoms with Gasteiger partial charge in [-0.25, -0.2) is 0 Å². The van der Waals surface area contributed by atoms with Crippen LogP contribution < -0.4 is 5.32 Å². The van der Waals surface area contributed by atoms with Crippen LogP contribution in [0.4, 0.5) is 5.69 Å². The first-order valence-electron chi connectivity index (χ1n) is 9.21. The maximum Gasteiger partial charge on any atom is 0.253 e. The summed E-state index contributed by atoms with van der Waals surface area (Å²) in [5.74, 6) is 0.0520. The van der Waals surface area contributed by atoms with Crippen molar-refractivity contribution < 1.29 is 9.59 Å². The highest BCUT2D eigenvalue weighted by atomic mass is 16.2.